The van der Waals surface area contributed by atoms with Gasteiger partial charge in [-0.25, -0.2) is 0 Å². The number of aromatic amines is 1. The van der Waals surface area contributed by atoms with E-state index in [1.165, 1.54) is 0 Å². The molecule has 0 saturated carbocycles. The number of anilines is 1. The molecule has 0 bridgehead atoms. The number of nitrogens with zero attached hydrogens (tertiary/aromatic N) is 1. The lowest BCUT2D eigenvalue weighted by atomic mass is 10.1. The number of aliphatic carboxylic acids is 1. The van der Waals surface area contributed by atoms with Gasteiger partial charge in [-0.2, -0.15) is 5.10 Å². The Hall–Kier alpha value is -2.63. The van der Waals surface area contributed by atoms with Crippen LogP contribution < -0.4 is 5.32 Å². The average molecular weight is 259 g/mol. The second-order valence-corrected chi connectivity index (χ2v) is 4.08. The lowest BCUT2D eigenvalue weighted by Crippen LogP contribution is -2.14. The first-order chi connectivity index (χ1) is 9.13. The van der Waals surface area contributed by atoms with E-state index in [1.807, 2.05) is 0 Å². The van der Waals surface area contributed by atoms with Crippen molar-refractivity contribution >= 4 is 17.6 Å². The zero-order valence-electron chi connectivity index (χ0n) is 10.1. The summed E-state index contributed by atoms with van der Waals surface area (Å²) < 4.78 is 0. The summed E-state index contributed by atoms with van der Waals surface area (Å²) in [4.78, 5) is 22.4. The quantitative estimate of drug-likeness (QED) is 0.752. The van der Waals surface area contributed by atoms with Gasteiger partial charge in [-0.15, -0.1) is 0 Å². The van der Waals surface area contributed by atoms with Gasteiger partial charge in [-0.3, -0.25) is 14.7 Å². The van der Waals surface area contributed by atoms with Crippen molar-refractivity contribution in [1.82, 2.24) is 10.2 Å². The summed E-state index contributed by atoms with van der Waals surface area (Å²) in [6.07, 6.45) is 1.71. The molecule has 2 rings (SSSR count). The highest BCUT2D eigenvalue weighted by molar-refractivity contribution is 5.92. The van der Waals surface area contributed by atoms with E-state index < -0.39 is 5.97 Å². The Morgan fingerprint density at radius 3 is 2.79 bits per heavy atom. The van der Waals surface area contributed by atoms with Crippen molar-refractivity contribution in [3.05, 3.63) is 47.8 Å². The van der Waals surface area contributed by atoms with E-state index >= 15 is 0 Å². The molecule has 0 aliphatic rings. The van der Waals surface area contributed by atoms with Crippen LogP contribution in [0.3, 0.4) is 0 Å². The molecule has 3 N–H and O–H groups in total. The number of H-pyrrole nitrogens is 1. The number of carboxylic acids is 1. The van der Waals surface area contributed by atoms with Crippen LogP contribution in [0.25, 0.3) is 0 Å². The van der Waals surface area contributed by atoms with Crippen molar-refractivity contribution in [2.45, 2.75) is 12.8 Å². The third-order valence-corrected chi connectivity index (χ3v) is 2.48. The van der Waals surface area contributed by atoms with Gasteiger partial charge in [0.2, 0.25) is 5.91 Å². The third kappa shape index (κ3) is 3.95. The summed E-state index contributed by atoms with van der Waals surface area (Å²) in [5.74, 6) is -1.09. The van der Waals surface area contributed by atoms with Crippen LogP contribution in [0, 0.1) is 0 Å². The number of rotatable bonds is 5. The molecule has 1 heterocycles. The number of carbonyl (C=O) groups is 2. The van der Waals surface area contributed by atoms with Crippen molar-refractivity contribution in [2.75, 3.05) is 5.32 Å². The second kappa shape index (κ2) is 5.81. The zero-order valence-corrected chi connectivity index (χ0v) is 10.1. The highest BCUT2D eigenvalue weighted by Gasteiger charge is 2.06. The molecule has 0 fully saturated rings. The Morgan fingerprint density at radius 1 is 1.26 bits per heavy atom. The van der Waals surface area contributed by atoms with Crippen LogP contribution >= 0.6 is 0 Å². The maximum absolute atomic E-state index is 11.7. The number of amides is 1. The van der Waals surface area contributed by atoms with Crippen LogP contribution in [0.5, 0.6) is 0 Å². The number of nitrogens with one attached hydrogen (secondary N) is 2. The van der Waals surface area contributed by atoms with Crippen molar-refractivity contribution < 1.29 is 14.7 Å². The monoisotopic (exact) mass is 259 g/mol. The predicted molar refractivity (Wildman–Crippen MR) is 68.7 cm³/mol. The first-order valence-electron chi connectivity index (χ1n) is 5.72. The minimum Gasteiger partial charge on any atom is -0.481 e. The van der Waals surface area contributed by atoms with E-state index in [1.54, 1.807) is 36.5 Å². The Kier molecular flexibility index (Phi) is 3.92. The molecule has 0 saturated heterocycles. The predicted octanol–water partition coefficient (Wildman–Crippen LogP) is 1.22. The summed E-state index contributed by atoms with van der Waals surface area (Å²) in [6, 6.07) is 8.51. The Morgan fingerprint density at radius 2 is 2.11 bits per heavy atom. The smallest absolute Gasteiger partial charge is 0.307 e. The van der Waals surface area contributed by atoms with E-state index in [9.17, 15) is 9.59 Å². The van der Waals surface area contributed by atoms with Crippen LogP contribution in [0.15, 0.2) is 36.5 Å². The van der Waals surface area contributed by atoms with Gasteiger partial charge in [0.05, 0.1) is 12.8 Å². The molecule has 0 radical (unpaired) electrons. The van der Waals surface area contributed by atoms with Crippen LogP contribution in [0.2, 0.25) is 0 Å². The Labute approximate surface area is 109 Å². The SMILES string of the molecule is O=C(O)Cc1cccc(NC(=O)Cc2ccn[nH]2)c1. The molecular formula is C13H13N3O3. The van der Waals surface area contributed by atoms with E-state index in [0.717, 1.165) is 5.69 Å². The number of hydrogen-bond donors (Lipinski definition) is 3. The molecule has 2 aromatic rings. The van der Waals surface area contributed by atoms with Crippen LogP contribution in [0.4, 0.5) is 5.69 Å². The maximum Gasteiger partial charge on any atom is 0.307 e. The van der Waals surface area contributed by atoms with Gasteiger partial charge in [-0.1, -0.05) is 12.1 Å². The largest absolute Gasteiger partial charge is 0.481 e. The molecule has 1 amide bonds. The van der Waals surface area contributed by atoms with Gasteiger partial charge in [0, 0.05) is 17.6 Å². The number of hydrogen-bond acceptors (Lipinski definition) is 3. The van der Waals surface area contributed by atoms with Gasteiger partial charge < -0.3 is 10.4 Å². The van der Waals surface area contributed by atoms with Crippen molar-refractivity contribution in [2.24, 2.45) is 0 Å². The third-order valence-electron chi connectivity index (χ3n) is 2.48. The van der Waals surface area contributed by atoms with Crippen molar-refractivity contribution in [3.63, 3.8) is 0 Å². The minimum atomic E-state index is -0.902. The van der Waals surface area contributed by atoms with Gasteiger partial charge >= 0.3 is 5.97 Å². The van der Waals surface area contributed by atoms with Crippen LogP contribution in [-0.2, 0) is 22.4 Å². The molecule has 1 aromatic carbocycles. The molecule has 98 valence electrons. The first kappa shape index (κ1) is 12.8. The fourth-order valence-corrected chi connectivity index (χ4v) is 1.69. The molecule has 0 unspecified atom stereocenters. The molecular weight excluding hydrogens is 246 g/mol. The maximum atomic E-state index is 11.7. The number of carbonyl (C=O) groups excluding carboxylic acids is 1. The van der Waals surface area contributed by atoms with E-state index in [4.69, 9.17) is 5.11 Å². The van der Waals surface area contributed by atoms with Gasteiger partial charge in [0.15, 0.2) is 0 Å². The Balaban J connectivity index is 1.98. The number of aromatic nitrogens is 2. The standard InChI is InChI=1S/C13H13N3O3/c17-12(8-11-4-5-14-16-11)15-10-3-1-2-9(6-10)7-13(18)19/h1-6H,7-8H2,(H,14,16)(H,15,17)(H,18,19). The molecule has 1 aromatic heterocycles. The van der Waals surface area contributed by atoms with Crippen molar-refractivity contribution in [3.8, 4) is 0 Å². The summed E-state index contributed by atoms with van der Waals surface area (Å²) >= 11 is 0. The van der Waals surface area contributed by atoms with Crippen LogP contribution in [0.1, 0.15) is 11.3 Å². The van der Waals surface area contributed by atoms with Crippen LogP contribution in [-0.4, -0.2) is 27.2 Å². The molecule has 6 nitrogen and oxygen atoms in total. The molecule has 0 aliphatic carbocycles. The number of carboxylic acid groups (broad SMARTS) is 1. The summed E-state index contributed by atoms with van der Waals surface area (Å²) in [7, 11) is 0. The van der Waals surface area contributed by atoms with Crippen molar-refractivity contribution in [1.29, 1.82) is 0 Å². The lowest BCUT2D eigenvalue weighted by molar-refractivity contribution is -0.136. The van der Waals surface area contributed by atoms with E-state index in [0.29, 0.717) is 11.3 Å². The fourth-order valence-electron chi connectivity index (χ4n) is 1.69. The second-order valence-electron chi connectivity index (χ2n) is 4.08. The summed E-state index contributed by atoms with van der Waals surface area (Å²) in [6.45, 7) is 0. The zero-order chi connectivity index (χ0) is 13.7. The average Bonchev–Trinajstić information content (AvgIpc) is 2.81. The minimum absolute atomic E-state index is 0.0652. The Bertz CT molecular complexity index is 579. The highest BCUT2D eigenvalue weighted by Crippen LogP contribution is 2.11. The topological polar surface area (TPSA) is 95.1 Å². The van der Waals surface area contributed by atoms with Gasteiger partial charge in [-0.05, 0) is 23.8 Å². The molecule has 0 aliphatic heterocycles. The molecule has 6 heteroatoms. The molecule has 19 heavy (non-hydrogen) atoms. The molecule has 0 atom stereocenters. The van der Waals surface area contributed by atoms with Gasteiger partial charge in [0.25, 0.3) is 0 Å². The lowest BCUT2D eigenvalue weighted by Gasteiger charge is -2.06. The highest BCUT2D eigenvalue weighted by atomic mass is 16.4. The molecule has 0 spiro atoms. The summed E-state index contributed by atoms with van der Waals surface area (Å²) in [5.41, 5.74) is 1.95. The first-order valence-corrected chi connectivity index (χ1v) is 5.72. The van der Waals surface area contributed by atoms with Gasteiger partial charge in [0.1, 0.15) is 0 Å². The van der Waals surface area contributed by atoms with E-state index in [2.05, 4.69) is 15.5 Å². The number of benzene rings is 1. The van der Waals surface area contributed by atoms with E-state index in [-0.39, 0.29) is 18.7 Å². The normalized spacial score (nSPS) is 10.1. The fraction of sp³-hybridized carbons (Fsp3) is 0.154. The summed E-state index contributed by atoms with van der Waals surface area (Å²) in [5, 5.41) is 17.9.